The molecule has 0 atom stereocenters. The number of hydrogen-bond acceptors (Lipinski definition) is 4. The van der Waals surface area contributed by atoms with Gasteiger partial charge in [0.2, 0.25) is 0 Å². The molecule has 0 aliphatic heterocycles. The number of methoxy groups -OCH3 is 2. The summed E-state index contributed by atoms with van der Waals surface area (Å²) in [5.41, 5.74) is 1.68. The maximum Gasteiger partial charge on any atom is 0.319 e. The van der Waals surface area contributed by atoms with E-state index in [1.165, 1.54) is 0 Å². The Balaban J connectivity index is 1.80. The van der Waals surface area contributed by atoms with Gasteiger partial charge in [0.25, 0.3) is 0 Å². The molecular weight excluding hydrogens is 342 g/mol. The topological polar surface area (TPSA) is 72.5 Å². The normalized spacial score (nSPS) is 11.1. The van der Waals surface area contributed by atoms with E-state index < -0.39 is 5.54 Å². The Labute approximate surface area is 158 Å². The summed E-state index contributed by atoms with van der Waals surface area (Å²) in [4.78, 5) is 17.0. The van der Waals surface area contributed by atoms with Crippen LogP contribution in [0.4, 0.5) is 10.5 Å². The highest BCUT2D eigenvalue weighted by Crippen LogP contribution is 2.32. The number of amides is 2. The molecule has 1 aromatic heterocycles. The first kappa shape index (κ1) is 18.5. The summed E-state index contributed by atoms with van der Waals surface area (Å²) in [6.45, 7) is 3.85. The summed E-state index contributed by atoms with van der Waals surface area (Å²) in [6.07, 6.45) is 1.71. The molecule has 2 aromatic carbocycles. The number of nitrogens with zero attached hydrogens (tertiary/aromatic N) is 1. The SMILES string of the molecule is COc1ccc(C(C)(C)NC(=O)Nc2cccc3cccnc23)cc1OC. The maximum atomic E-state index is 12.6. The molecule has 0 spiro atoms. The van der Waals surface area contributed by atoms with Crippen molar-refractivity contribution in [2.45, 2.75) is 19.4 Å². The summed E-state index contributed by atoms with van der Waals surface area (Å²) in [6, 6.07) is 14.8. The van der Waals surface area contributed by atoms with Crippen LogP contribution in [-0.2, 0) is 5.54 Å². The molecule has 0 aliphatic rings. The second kappa shape index (κ2) is 7.53. The number of pyridine rings is 1. The molecule has 0 saturated carbocycles. The van der Waals surface area contributed by atoms with Crippen LogP contribution in [0.1, 0.15) is 19.4 Å². The third-order valence-electron chi connectivity index (χ3n) is 4.41. The zero-order chi connectivity index (χ0) is 19.4. The number of carbonyl (C=O) groups is 1. The molecule has 0 unspecified atom stereocenters. The van der Waals surface area contributed by atoms with Gasteiger partial charge in [-0.3, -0.25) is 4.98 Å². The van der Waals surface area contributed by atoms with Crippen LogP contribution in [0.3, 0.4) is 0 Å². The summed E-state index contributed by atoms with van der Waals surface area (Å²) in [7, 11) is 3.18. The lowest BCUT2D eigenvalue weighted by Crippen LogP contribution is -2.43. The van der Waals surface area contributed by atoms with E-state index >= 15 is 0 Å². The van der Waals surface area contributed by atoms with Gasteiger partial charge < -0.3 is 20.1 Å². The van der Waals surface area contributed by atoms with Gasteiger partial charge in [-0.05, 0) is 43.7 Å². The van der Waals surface area contributed by atoms with Crippen LogP contribution in [0, 0.1) is 0 Å². The monoisotopic (exact) mass is 365 g/mol. The summed E-state index contributed by atoms with van der Waals surface area (Å²) >= 11 is 0. The van der Waals surface area contributed by atoms with Crippen molar-refractivity contribution in [3.8, 4) is 11.5 Å². The van der Waals surface area contributed by atoms with Gasteiger partial charge in [0.1, 0.15) is 0 Å². The van der Waals surface area contributed by atoms with Crippen LogP contribution in [0.15, 0.2) is 54.7 Å². The van der Waals surface area contributed by atoms with Crippen LogP contribution in [0.5, 0.6) is 11.5 Å². The van der Waals surface area contributed by atoms with Gasteiger partial charge in [0.05, 0.1) is 31.0 Å². The lowest BCUT2D eigenvalue weighted by Gasteiger charge is -2.28. The fraction of sp³-hybridized carbons (Fsp3) is 0.238. The van der Waals surface area contributed by atoms with Crippen molar-refractivity contribution < 1.29 is 14.3 Å². The zero-order valence-electron chi connectivity index (χ0n) is 15.9. The summed E-state index contributed by atoms with van der Waals surface area (Å²) < 4.78 is 10.6. The Morgan fingerprint density at radius 2 is 1.74 bits per heavy atom. The van der Waals surface area contributed by atoms with Gasteiger partial charge in [-0.15, -0.1) is 0 Å². The molecule has 0 aliphatic carbocycles. The fourth-order valence-electron chi connectivity index (χ4n) is 2.94. The third-order valence-corrected chi connectivity index (χ3v) is 4.41. The van der Waals surface area contributed by atoms with Crippen LogP contribution in [-0.4, -0.2) is 25.2 Å². The Hall–Kier alpha value is -3.28. The van der Waals surface area contributed by atoms with Gasteiger partial charge in [-0.2, -0.15) is 0 Å². The van der Waals surface area contributed by atoms with E-state index in [4.69, 9.17) is 9.47 Å². The smallest absolute Gasteiger partial charge is 0.319 e. The predicted molar refractivity (Wildman–Crippen MR) is 106 cm³/mol. The summed E-state index contributed by atoms with van der Waals surface area (Å²) in [5.74, 6) is 1.26. The second-order valence-electron chi connectivity index (χ2n) is 6.65. The minimum absolute atomic E-state index is 0.312. The molecule has 1 heterocycles. The molecule has 6 nitrogen and oxygen atoms in total. The minimum atomic E-state index is -0.623. The number of para-hydroxylation sites is 1. The minimum Gasteiger partial charge on any atom is -0.493 e. The Morgan fingerprint density at radius 3 is 2.48 bits per heavy atom. The number of hydrogen-bond donors (Lipinski definition) is 2. The number of anilines is 1. The Kier molecular flexibility index (Phi) is 5.16. The second-order valence-corrected chi connectivity index (χ2v) is 6.65. The van der Waals surface area contributed by atoms with Gasteiger partial charge >= 0.3 is 6.03 Å². The molecule has 0 bridgehead atoms. The van der Waals surface area contributed by atoms with Gasteiger partial charge in [0.15, 0.2) is 11.5 Å². The van der Waals surface area contributed by atoms with Gasteiger partial charge in [-0.1, -0.05) is 24.3 Å². The fourth-order valence-corrected chi connectivity index (χ4v) is 2.94. The van der Waals surface area contributed by atoms with Crippen LogP contribution in [0.25, 0.3) is 10.9 Å². The molecular formula is C21H23N3O3. The quantitative estimate of drug-likeness (QED) is 0.707. The Bertz CT molecular complexity index is 965. The molecule has 2 amide bonds. The molecule has 3 rings (SSSR count). The van der Waals surface area contributed by atoms with E-state index in [-0.39, 0.29) is 6.03 Å². The molecule has 3 aromatic rings. The number of benzene rings is 2. The van der Waals surface area contributed by atoms with Gasteiger partial charge in [0, 0.05) is 11.6 Å². The molecule has 0 saturated heterocycles. The molecule has 6 heteroatoms. The number of rotatable bonds is 5. The number of urea groups is 1. The average Bonchev–Trinajstić information content (AvgIpc) is 2.67. The molecule has 0 fully saturated rings. The van der Waals surface area contributed by atoms with Crippen LogP contribution >= 0.6 is 0 Å². The van der Waals surface area contributed by atoms with Crippen LogP contribution < -0.4 is 20.1 Å². The first-order valence-corrected chi connectivity index (χ1v) is 8.60. The van der Waals surface area contributed by atoms with Crippen molar-refractivity contribution >= 4 is 22.6 Å². The highest BCUT2D eigenvalue weighted by atomic mass is 16.5. The first-order chi connectivity index (χ1) is 12.9. The van der Waals surface area contributed by atoms with Crippen molar-refractivity contribution in [3.05, 3.63) is 60.3 Å². The van der Waals surface area contributed by atoms with Crippen molar-refractivity contribution in [2.75, 3.05) is 19.5 Å². The van der Waals surface area contributed by atoms with Crippen molar-refractivity contribution in [1.29, 1.82) is 0 Å². The molecule has 2 N–H and O–H groups in total. The van der Waals surface area contributed by atoms with E-state index in [0.29, 0.717) is 17.2 Å². The van der Waals surface area contributed by atoms with Crippen molar-refractivity contribution in [2.24, 2.45) is 0 Å². The highest BCUT2D eigenvalue weighted by molar-refractivity contribution is 5.99. The molecule has 0 radical (unpaired) electrons. The first-order valence-electron chi connectivity index (χ1n) is 8.60. The number of aromatic nitrogens is 1. The van der Waals surface area contributed by atoms with E-state index in [1.807, 2.05) is 62.4 Å². The average molecular weight is 365 g/mol. The molecule has 140 valence electrons. The Morgan fingerprint density at radius 1 is 1.00 bits per heavy atom. The zero-order valence-corrected chi connectivity index (χ0v) is 15.9. The van der Waals surface area contributed by atoms with Crippen molar-refractivity contribution in [1.82, 2.24) is 10.3 Å². The standard InChI is InChI=1S/C21H23N3O3/c1-21(2,15-10-11-17(26-3)18(13-15)27-4)24-20(25)23-16-9-5-7-14-8-6-12-22-19(14)16/h5-13H,1-4H3,(H2,23,24,25). The number of fused-ring (bicyclic) bond motifs is 1. The number of carbonyl (C=O) groups excluding carboxylic acids is 1. The lowest BCUT2D eigenvalue weighted by atomic mass is 9.94. The van der Waals surface area contributed by atoms with E-state index in [0.717, 1.165) is 16.5 Å². The van der Waals surface area contributed by atoms with E-state index in [9.17, 15) is 4.79 Å². The van der Waals surface area contributed by atoms with E-state index in [2.05, 4.69) is 15.6 Å². The maximum absolute atomic E-state index is 12.6. The number of nitrogens with one attached hydrogen (secondary N) is 2. The number of ether oxygens (including phenoxy) is 2. The van der Waals surface area contributed by atoms with Gasteiger partial charge in [-0.25, -0.2) is 4.79 Å². The van der Waals surface area contributed by atoms with Crippen LogP contribution in [0.2, 0.25) is 0 Å². The molecule has 27 heavy (non-hydrogen) atoms. The largest absolute Gasteiger partial charge is 0.493 e. The van der Waals surface area contributed by atoms with E-state index in [1.54, 1.807) is 20.4 Å². The highest BCUT2D eigenvalue weighted by Gasteiger charge is 2.24. The third kappa shape index (κ3) is 3.95. The summed E-state index contributed by atoms with van der Waals surface area (Å²) in [5, 5.41) is 6.86. The lowest BCUT2D eigenvalue weighted by molar-refractivity contribution is 0.241. The van der Waals surface area contributed by atoms with Crippen molar-refractivity contribution in [3.63, 3.8) is 0 Å². The predicted octanol–water partition coefficient (Wildman–Crippen LogP) is 4.31.